The minimum Gasteiger partial charge on any atom is -0.352 e. The molecule has 0 heterocycles. The minimum atomic E-state index is -0.421. The molecule has 166 valence electrons. The lowest BCUT2D eigenvalue weighted by Crippen LogP contribution is -2.52. The molecule has 4 nitrogen and oxygen atoms in total. The normalized spacial score (nSPS) is 14.9. The fourth-order valence-corrected chi connectivity index (χ4v) is 4.91. The Bertz CT molecular complexity index is 832. The first-order chi connectivity index (χ1) is 15.1. The van der Waals surface area contributed by atoms with Gasteiger partial charge in [-0.2, -0.15) is 0 Å². The molecule has 1 fully saturated rings. The zero-order valence-corrected chi connectivity index (χ0v) is 19.5. The van der Waals surface area contributed by atoms with E-state index >= 15 is 0 Å². The third-order valence-corrected chi connectivity index (χ3v) is 6.95. The van der Waals surface area contributed by atoms with Crippen molar-refractivity contribution in [1.82, 2.24) is 10.2 Å². The topological polar surface area (TPSA) is 49.4 Å². The fourth-order valence-electron chi connectivity index (χ4n) is 4.13. The molecule has 3 rings (SSSR count). The summed E-state index contributed by atoms with van der Waals surface area (Å²) in [4.78, 5) is 29.2. The summed E-state index contributed by atoms with van der Waals surface area (Å²) in [5, 5.41) is 3.20. The van der Waals surface area contributed by atoms with Crippen molar-refractivity contribution in [2.24, 2.45) is 0 Å². The summed E-state index contributed by atoms with van der Waals surface area (Å²) >= 11 is 1.54. The van der Waals surface area contributed by atoms with Gasteiger partial charge < -0.3 is 10.2 Å². The van der Waals surface area contributed by atoms with Gasteiger partial charge in [0.2, 0.25) is 11.8 Å². The molecule has 31 heavy (non-hydrogen) atoms. The van der Waals surface area contributed by atoms with Gasteiger partial charge in [-0.15, -0.1) is 11.8 Å². The first kappa shape index (κ1) is 23.4. The van der Waals surface area contributed by atoms with E-state index in [2.05, 4.69) is 36.5 Å². The van der Waals surface area contributed by atoms with Crippen LogP contribution >= 0.6 is 11.8 Å². The highest BCUT2D eigenvalue weighted by molar-refractivity contribution is 8.00. The van der Waals surface area contributed by atoms with Gasteiger partial charge >= 0.3 is 0 Å². The monoisotopic (exact) mass is 438 g/mol. The summed E-state index contributed by atoms with van der Waals surface area (Å²) < 4.78 is 0. The summed E-state index contributed by atoms with van der Waals surface area (Å²) in [5.74, 6) is 0.358. The second-order valence-corrected chi connectivity index (χ2v) is 9.39. The number of thioether (sulfide) groups is 1. The van der Waals surface area contributed by atoms with Gasteiger partial charge in [0.15, 0.2) is 0 Å². The van der Waals surface area contributed by atoms with Crippen LogP contribution in [0.3, 0.4) is 0 Å². The SMILES string of the molecule is CC[C@H](C(=O)NC1CCCC1)N(CCc1ccccc1)C(=O)CSc1ccc(C)cc1. The van der Waals surface area contributed by atoms with Gasteiger partial charge in [-0.25, -0.2) is 0 Å². The molecule has 0 aliphatic heterocycles. The quantitative estimate of drug-likeness (QED) is 0.531. The van der Waals surface area contributed by atoms with E-state index in [4.69, 9.17) is 0 Å². The molecule has 1 aliphatic rings. The second-order valence-electron chi connectivity index (χ2n) is 8.34. The number of carbonyl (C=O) groups excluding carboxylic acids is 2. The van der Waals surface area contributed by atoms with Crippen molar-refractivity contribution in [3.05, 3.63) is 65.7 Å². The summed E-state index contributed by atoms with van der Waals surface area (Å²) in [7, 11) is 0. The van der Waals surface area contributed by atoms with E-state index < -0.39 is 6.04 Å². The molecule has 0 unspecified atom stereocenters. The Morgan fingerprint density at radius 2 is 1.74 bits per heavy atom. The Balaban J connectivity index is 1.68. The number of hydrogen-bond donors (Lipinski definition) is 1. The molecule has 2 aromatic carbocycles. The van der Waals surface area contributed by atoms with Crippen molar-refractivity contribution < 1.29 is 9.59 Å². The molecule has 2 amide bonds. The van der Waals surface area contributed by atoms with Crippen LogP contribution in [-0.4, -0.2) is 41.1 Å². The van der Waals surface area contributed by atoms with E-state index in [1.54, 1.807) is 4.90 Å². The largest absolute Gasteiger partial charge is 0.352 e. The molecule has 0 aromatic heterocycles. The third kappa shape index (κ3) is 7.13. The highest BCUT2D eigenvalue weighted by Gasteiger charge is 2.30. The molecule has 2 aromatic rings. The molecule has 0 spiro atoms. The van der Waals surface area contributed by atoms with Gasteiger partial charge in [0.1, 0.15) is 6.04 Å². The Morgan fingerprint density at radius 1 is 1.06 bits per heavy atom. The van der Waals surface area contributed by atoms with Crippen molar-refractivity contribution in [3.8, 4) is 0 Å². The van der Waals surface area contributed by atoms with Gasteiger partial charge in [-0.1, -0.05) is 67.8 Å². The average Bonchev–Trinajstić information content (AvgIpc) is 3.29. The molecule has 1 saturated carbocycles. The highest BCUT2D eigenvalue weighted by atomic mass is 32.2. The Labute approximate surface area is 190 Å². The highest BCUT2D eigenvalue weighted by Crippen LogP contribution is 2.21. The lowest BCUT2D eigenvalue weighted by atomic mass is 10.1. The van der Waals surface area contributed by atoms with Gasteiger partial charge in [0.25, 0.3) is 0 Å². The standard InChI is InChI=1S/C26H34N2O2S/c1-3-24(26(30)27-22-11-7-8-12-22)28(18-17-21-9-5-4-6-10-21)25(29)19-31-23-15-13-20(2)14-16-23/h4-6,9-10,13-16,22,24H,3,7-8,11-12,17-19H2,1-2H3,(H,27,30)/t24-/m1/s1. The number of nitrogens with zero attached hydrogens (tertiary/aromatic N) is 1. The van der Waals surface area contributed by atoms with Crippen LogP contribution in [-0.2, 0) is 16.0 Å². The van der Waals surface area contributed by atoms with Crippen LogP contribution in [0.5, 0.6) is 0 Å². The van der Waals surface area contributed by atoms with Gasteiger partial charge in [0.05, 0.1) is 5.75 Å². The minimum absolute atomic E-state index is 0.00357. The number of rotatable bonds is 10. The number of amides is 2. The first-order valence-electron chi connectivity index (χ1n) is 11.4. The predicted octanol–water partition coefficient (Wildman–Crippen LogP) is 5.00. The number of benzene rings is 2. The molecule has 0 saturated heterocycles. The van der Waals surface area contributed by atoms with E-state index in [9.17, 15) is 9.59 Å². The van der Waals surface area contributed by atoms with Crippen molar-refractivity contribution in [2.45, 2.75) is 69.4 Å². The number of aryl methyl sites for hydroxylation is 1. The van der Waals surface area contributed by atoms with Gasteiger partial charge in [-0.05, 0) is 50.3 Å². The number of hydrogen-bond acceptors (Lipinski definition) is 3. The third-order valence-electron chi connectivity index (χ3n) is 5.95. The number of nitrogens with one attached hydrogen (secondary N) is 1. The summed E-state index contributed by atoms with van der Waals surface area (Å²) in [5.41, 5.74) is 2.38. The van der Waals surface area contributed by atoms with Crippen LogP contribution in [0.1, 0.15) is 50.2 Å². The van der Waals surface area contributed by atoms with Crippen molar-refractivity contribution in [1.29, 1.82) is 0 Å². The average molecular weight is 439 g/mol. The van der Waals surface area contributed by atoms with Crippen LogP contribution in [0, 0.1) is 6.92 Å². The van der Waals surface area contributed by atoms with Crippen LogP contribution in [0.2, 0.25) is 0 Å². The molecule has 1 N–H and O–H groups in total. The summed E-state index contributed by atoms with van der Waals surface area (Å²) in [6.45, 7) is 4.60. The van der Waals surface area contributed by atoms with E-state index in [0.717, 1.165) is 24.2 Å². The van der Waals surface area contributed by atoms with Crippen LogP contribution in [0.4, 0.5) is 0 Å². The van der Waals surface area contributed by atoms with E-state index in [-0.39, 0.29) is 17.9 Å². The maximum atomic E-state index is 13.3. The van der Waals surface area contributed by atoms with Crippen molar-refractivity contribution in [2.75, 3.05) is 12.3 Å². The van der Waals surface area contributed by atoms with E-state index in [1.807, 2.05) is 37.3 Å². The van der Waals surface area contributed by atoms with Crippen LogP contribution < -0.4 is 5.32 Å². The van der Waals surface area contributed by atoms with Crippen LogP contribution in [0.15, 0.2) is 59.5 Å². The predicted molar refractivity (Wildman–Crippen MR) is 128 cm³/mol. The maximum Gasteiger partial charge on any atom is 0.243 e. The van der Waals surface area contributed by atoms with E-state index in [0.29, 0.717) is 18.7 Å². The molecule has 1 atom stereocenters. The fraction of sp³-hybridized carbons (Fsp3) is 0.462. The maximum absolute atomic E-state index is 13.3. The zero-order chi connectivity index (χ0) is 22.1. The van der Waals surface area contributed by atoms with Crippen molar-refractivity contribution >= 4 is 23.6 Å². The molecule has 1 aliphatic carbocycles. The molecule has 0 radical (unpaired) electrons. The number of carbonyl (C=O) groups is 2. The lowest BCUT2D eigenvalue weighted by molar-refractivity contribution is -0.139. The Hall–Kier alpha value is -2.27. The van der Waals surface area contributed by atoms with E-state index in [1.165, 1.54) is 35.7 Å². The van der Waals surface area contributed by atoms with Gasteiger partial charge in [0, 0.05) is 17.5 Å². The second kappa shape index (κ2) is 11.9. The summed E-state index contributed by atoms with van der Waals surface area (Å²) in [6, 6.07) is 18.2. The smallest absolute Gasteiger partial charge is 0.243 e. The van der Waals surface area contributed by atoms with Crippen molar-refractivity contribution in [3.63, 3.8) is 0 Å². The first-order valence-corrected chi connectivity index (χ1v) is 12.4. The zero-order valence-electron chi connectivity index (χ0n) is 18.7. The molecule has 5 heteroatoms. The van der Waals surface area contributed by atoms with Gasteiger partial charge in [-0.3, -0.25) is 9.59 Å². The molecule has 0 bridgehead atoms. The lowest BCUT2D eigenvalue weighted by Gasteiger charge is -2.31. The molecular weight excluding hydrogens is 404 g/mol. The molecular formula is C26H34N2O2S. The Morgan fingerprint density at radius 3 is 2.39 bits per heavy atom. The summed E-state index contributed by atoms with van der Waals surface area (Å²) in [6.07, 6.45) is 5.80. The Kier molecular flexibility index (Phi) is 9.01. The van der Waals surface area contributed by atoms with Crippen LogP contribution in [0.25, 0.3) is 0 Å².